The van der Waals surface area contributed by atoms with Crippen molar-refractivity contribution in [3.63, 3.8) is 0 Å². The summed E-state index contributed by atoms with van der Waals surface area (Å²) < 4.78 is 11.6. The molecule has 1 N–H and O–H groups in total. The van der Waals surface area contributed by atoms with E-state index in [0.717, 1.165) is 43.6 Å². The molecular weight excluding hydrogens is 250 g/mol. The van der Waals surface area contributed by atoms with Crippen molar-refractivity contribution in [1.82, 2.24) is 5.32 Å². The van der Waals surface area contributed by atoms with E-state index in [4.69, 9.17) is 9.47 Å². The van der Waals surface area contributed by atoms with E-state index < -0.39 is 0 Å². The van der Waals surface area contributed by atoms with Crippen LogP contribution in [0.5, 0.6) is 11.5 Å². The smallest absolute Gasteiger partial charge is 0.165 e. The Morgan fingerprint density at radius 3 is 2.85 bits per heavy atom. The number of nitrogens with one attached hydrogen (secondary N) is 1. The summed E-state index contributed by atoms with van der Waals surface area (Å²) in [5, 5.41) is 3.72. The lowest BCUT2D eigenvalue weighted by molar-refractivity contribution is 0.275. The molecule has 3 heteroatoms. The monoisotopic (exact) mass is 275 g/mol. The van der Waals surface area contributed by atoms with Gasteiger partial charge in [0.2, 0.25) is 0 Å². The Hall–Kier alpha value is -1.22. The molecule has 20 heavy (non-hydrogen) atoms. The molecule has 1 heterocycles. The molecular formula is C17H25NO2. The largest absolute Gasteiger partial charge is 0.490 e. The summed E-state index contributed by atoms with van der Waals surface area (Å²) in [6.07, 6.45) is 6.35. The minimum absolute atomic E-state index is 0.645. The van der Waals surface area contributed by atoms with Crippen molar-refractivity contribution in [3.05, 3.63) is 23.8 Å². The van der Waals surface area contributed by atoms with Gasteiger partial charge in [0.15, 0.2) is 11.5 Å². The molecule has 2 unspecified atom stereocenters. The van der Waals surface area contributed by atoms with Crippen LogP contribution in [-0.2, 0) is 6.54 Å². The van der Waals surface area contributed by atoms with Crippen LogP contribution in [0.2, 0.25) is 0 Å². The summed E-state index contributed by atoms with van der Waals surface area (Å²) in [6, 6.07) is 6.86. The SMILES string of the molecule is CC1CCCCC1NCc1cccc2c1OCCCO2. The van der Waals surface area contributed by atoms with E-state index in [2.05, 4.69) is 24.4 Å². The average Bonchev–Trinajstić information content (AvgIpc) is 2.72. The van der Waals surface area contributed by atoms with E-state index in [1.54, 1.807) is 0 Å². The first kappa shape index (κ1) is 13.7. The lowest BCUT2D eigenvalue weighted by atomic mass is 9.86. The van der Waals surface area contributed by atoms with Crippen LogP contribution >= 0.6 is 0 Å². The maximum absolute atomic E-state index is 5.88. The second-order valence-electron chi connectivity index (χ2n) is 6.04. The molecule has 1 aromatic carbocycles. The molecule has 1 saturated carbocycles. The molecule has 0 spiro atoms. The Kier molecular flexibility index (Phi) is 4.46. The lowest BCUT2D eigenvalue weighted by Crippen LogP contribution is -2.36. The van der Waals surface area contributed by atoms with E-state index in [1.165, 1.54) is 31.2 Å². The van der Waals surface area contributed by atoms with Gasteiger partial charge in [-0.3, -0.25) is 0 Å². The summed E-state index contributed by atoms with van der Waals surface area (Å²) in [4.78, 5) is 0. The molecule has 0 amide bonds. The Bertz CT molecular complexity index is 447. The van der Waals surface area contributed by atoms with E-state index in [1.807, 2.05) is 6.07 Å². The summed E-state index contributed by atoms with van der Waals surface area (Å²) in [7, 11) is 0. The fraction of sp³-hybridized carbons (Fsp3) is 0.647. The van der Waals surface area contributed by atoms with Crippen molar-refractivity contribution < 1.29 is 9.47 Å². The van der Waals surface area contributed by atoms with Crippen molar-refractivity contribution in [1.29, 1.82) is 0 Å². The van der Waals surface area contributed by atoms with E-state index in [-0.39, 0.29) is 0 Å². The number of benzene rings is 1. The third-order valence-corrected chi connectivity index (χ3v) is 4.52. The Morgan fingerprint density at radius 1 is 1.10 bits per heavy atom. The molecule has 3 rings (SSSR count). The van der Waals surface area contributed by atoms with Gasteiger partial charge in [0.1, 0.15) is 0 Å². The molecule has 110 valence electrons. The van der Waals surface area contributed by atoms with Crippen molar-refractivity contribution in [2.75, 3.05) is 13.2 Å². The lowest BCUT2D eigenvalue weighted by Gasteiger charge is -2.30. The minimum Gasteiger partial charge on any atom is -0.490 e. The zero-order chi connectivity index (χ0) is 13.8. The summed E-state index contributed by atoms with van der Waals surface area (Å²) in [5.74, 6) is 2.63. The van der Waals surface area contributed by atoms with Gasteiger partial charge >= 0.3 is 0 Å². The van der Waals surface area contributed by atoms with Crippen LogP contribution in [0.3, 0.4) is 0 Å². The maximum atomic E-state index is 5.88. The zero-order valence-corrected chi connectivity index (χ0v) is 12.4. The number of fused-ring (bicyclic) bond motifs is 1. The second kappa shape index (κ2) is 6.49. The van der Waals surface area contributed by atoms with Crippen molar-refractivity contribution in [2.45, 2.75) is 51.6 Å². The zero-order valence-electron chi connectivity index (χ0n) is 12.4. The normalized spacial score (nSPS) is 26.1. The Balaban J connectivity index is 1.68. The highest BCUT2D eigenvalue weighted by Gasteiger charge is 2.21. The summed E-state index contributed by atoms with van der Waals surface area (Å²) >= 11 is 0. The highest BCUT2D eigenvalue weighted by molar-refractivity contribution is 5.47. The van der Waals surface area contributed by atoms with Gasteiger partial charge in [-0.2, -0.15) is 0 Å². The third-order valence-electron chi connectivity index (χ3n) is 4.52. The summed E-state index contributed by atoms with van der Waals surface area (Å²) in [6.45, 7) is 4.75. The third kappa shape index (κ3) is 3.09. The van der Waals surface area contributed by atoms with Gasteiger partial charge in [-0.1, -0.05) is 31.9 Å². The predicted molar refractivity (Wildman–Crippen MR) is 80.3 cm³/mol. The molecule has 1 aliphatic carbocycles. The molecule has 2 aliphatic rings. The van der Waals surface area contributed by atoms with Gasteiger partial charge in [0.25, 0.3) is 0 Å². The van der Waals surface area contributed by atoms with Crippen LogP contribution in [0.15, 0.2) is 18.2 Å². The quantitative estimate of drug-likeness (QED) is 0.915. The molecule has 0 saturated heterocycles. The summed E-state index contributed by atoms with van der Waals surface area (Å²) in [5.41, 5.74) is 1.22. The fourth-order valence-corrected chi connectivity index (χ4v) is 3.25. The maximum Gasteiger partial charge on any atom is 0.165 e. The topological polar surface area (TPSA) is 30.5 Å². The molecule has 1 fully saturated rings. The van der Waals surface area contributed by atoms with Crippen LogP contribution in [0.25, 0.3) is 0 Å². The Labute approximate surface area is 121 Å². The van der Waals surface area contributed by atoms with Crippen LogP contribution in [0.1, 0.15) is 44.6 Å². The molecule has 1 aliphatic heterocycles. The van der Waals surface area contributed by atoms with E-state index >= 15 is 0 Å². The Morgan fingerprint density at radius 2 is 1.95 bits per heavy atom. The first-order valence-corrected chi connectivity index (χ1v) is 7.95. The number of ether oxygens (including phenoxy) is 2. The number of rotatable bonds is 3. The van der Waals surface area contributed by atoms with Gasteiger partial charge in [0, 0.05) is 24.6 Å². The van der Waals surface area contributed by atoms with E-state index in [9.17, 15) is 0 Å². The molecule has 3 nitrogen and oxygen atoms in total. The van der Waals surface area contributed by atoms with Crippen molar-refractivity contribution in [2.24, 2.45) is 5.92 Å². The van der Waals surface area contributed by atoms with Crippen LogP contribution in [-0.4, -0.2) is 19.3 Å². The molecule has 1 aromatic rings. The van der Waals surface area contributed by atoms with Gasteiger partial charge < -0.3 is 14.8 Å². The molecule has 0 aromatic heterocycles. The molecule has 2 atom stereocenters. The highest BCUT2D eigenvalue weighted by atomic mass is 16.5. The van der Waals surface area contributed by atoms with Gasteiger partial charge in [-0.15, -0.1) is 0 Å². The fourth-order valence-electron chi connectivity index (χ4n) is 3.25. The minimum atomic E-state index is 0.645. The van der Waals surface area contributed by atoms with E-state index in [0.29, 0.717) is 6.04 Å². The highest BCUT2D eigenvalue weighted by Crippen LogP contribution is 2.33. The van der Waals surface area contributed by atoms with Crippen LogP contribution in [0, 0.1) is 5.92 Å². The average molecular weight is 275 g/mol. The molecule has 0 radical (unpaired) electrons. The second-order valence-corrected chi connectivity index (χ2v) is 6.04. The van der Waals surface area contributed by atoms with Gasteiger partial charge in [0.05, 0.1) is 13.2 Å². The first-order chi connectivity index (χ1) is 9.84. The van der Waals surface area contributed by atoms with Crippen molar-refractivity contribution in [3.8, 4) is 11.5 Å². The van der Waals surface area contributed by atoms with Gasteiger partial charge in [-0.25, -0.2) is 0 Å². The number of para-hydroxylation sites is 1. The van der Waals surface area contributed by atoms with Crippen LogP contribution in [0.4, 0.5) is 0 Å². The number of hydrogen-bond acceptors (Lipinski definition) is 3. The van der Waals surface area contributed by atoms with Crippen molar-refractivity contribution >= 4 is 0 Å². The first-order valence-electron chi connectivity index (χ1n) is 7.95. The van der Waals surface area contributed by atoms with Crippen LogP contribution < -0.4 is 14.8 Å². The number of hydrogen-bond donors (Lipinski definition) is 1. The van der Waals surface area contributed by atoms with Gasteiger partial charge in [-0.05, 0) is 24.8 Å². The predicted octanol–water partition coefficient (Wildman–Crippen LogP) is 3.52. The molecule has 0 bridgehead atoms. The standard InChI is InChI=1S/C17H25NO2/c1-13-6-2-3-8-15(13)18-12-14-7-4-9-16-17(14)20-11-5-10-19-16/h4,7,9,13,15,18H,2-3,5-6,8,10-12H2,1H3.